The Morgan fingerprint density at radius 3 is 2.60 bits per heavy atom. The summed E-state index contributed by atoms with van der Waals surface area (Å²) in [4.78, 5) is 12.4. The van der Waals surface area contributed by atoms with Gasteiger partial charge < -0.3 is 9.47 Å². The highest BCUT2D eigenvalue weighted by molar-refractivity contribution is 7.89. The average Bonchev–Trinajstić information content (AvgIpc) is 3.38. The van der Waals surface area contributed by atoms with Gasteiger partial charge >= 0.3 is 12.1 Å². The standard InChI is InChI=1S/C29H35F3N4O5S/c1-4-24-19-36(42(38,39)27-10-8-7-9-26(27)41-24)17-22-15-20(12-14-25(22)29(30,31)32)21(16-28(37)40-6-3)11-13-23-18-35(5-2)34-33-23/h7-10,12,14-15,18,21,24H,4-6,11,13,16-17,19H2,1-3H3. The first-order valence-corrected chi connectivity index (χ1v) is 15.4. The molecule has 1 aromatic heterocycles. The number of ether oxygens (including phenoxy) is 2. The summed E-state index contributed by atoms with van der Waals surface area (Å²) >= 11 is 0. The lowest BCUT2D eigenvalue weighted by Gasteiger charge is -2.25. The van der Waals surface area contributed by atoms with Crippen molar-refractivity contribution in [3.63, 3.8) is 0 Å². The van der Waals surface area contributed by atoms with E-state index in [-0.39, 0.29) is 35.8 Å². The predicted octanol–water partition coefficient (Wildman–Crippen LogP) is 5.35. The maximum atomic E-state index is 14.2. The van der Waals surface area contributed by atoms with E-state index in [1.165, 1.54) is 18.2 Å². The Hall–Kier alpha value is -3.45. The molecule has 42 heavy (non-hydrogen) atoms. The molecule has 0 saturated heterocycles. The van der Waals surface area contributed by atoms with E-state index in [0.717, 1.165) is 10.4 Å². The number of carbonyl (C=O) groups is 1. The number of para-hydroxylation sites is 1. The fraction of sp³-hybridized carbons (Fsp3) is 0.483. The van der Waals surface area contributed by atoms with Crippen molar-refractivity contribution in [3.8, 4) is 5.75 Å². The summed E-state index contributed by atoms with van der Waals surface area (Å²) in [6.45, 7) is 5.59. The minimum atomic E-state index is -4.72. The van der Waals surface area contributed by atoms with Gasteiger partial charge in [0.2, 0.25) is 10.0 Å². The summed E-state index contributed by atoms with van der Waals surface area (Å²) in [5.74, 6) is -0.799. The largest absolute Gasteiger partial charge is 0.488 e. The van der Waals surface area contributed by atoms with Gasteiger partial charge in [-0.3, -0.25) is 9.48 Å². The molecule has 1 aliphatic rings. The van der Waals surface area contributed by atoms with Crippen LogP contribution in [0.1, 0.15) is 68.3 Å². The topological polar surface area (TPSA) is 104 Å². The van der Waals surface area contributed by atoms with Gasteiger partial charge in [0.1, 0.15) is 16.7 Å². The molecule has 0 aliphatic carbocycles. The van der Waals surface area contributed by atoms with Crippen LogP contribution in [0.25, 0.3) is 0 Å². The van der Waals surface area contributed by atoms with Gasteiger partial charge in [-0.25, -0.2) is 8.42 Å². The van der Waals surface area contributed by atoms with Crippen LogP contribution >= 0.6 is 0 Å². The SMILES string of the molecule is CCOC(=O)CC(CCc1cn(CC)nn1)c1ccc(C(F)(F)F)c(CN2CC(CC)Oc3ccccc3S2(=O)=O)c1. The third kappa shape index (κ3) is 7.30. The van der Waals surface area contributed by atoms with Crippen LogP contribution in [0.3, 0.4) is 0 Å². The number of hydrogen-bond acceptors (Lipinski definition) is 7. The Labute approximate surface area is 243 Å². The third-order valence-corrected chi connectivity index (χ3v) is 9.10. The van der Waals surface area contributed by atoms with Crippen LogP contribution in [-0.2, 0) is 45.2 Å². The Morgan fingerprint density at radius 2 is 1.93 bits per heavy atom. The van der Waals surface area contributed by atoms with Crippen molar-refractivity contribution in [3.05, 3.63) is 71.0 Å². The molecule has 13 heteroatoms. The van der Waals surface area contributed by atoms with Crippen LogP contribution in [0, 0.1) is 0 Å². The number of hydrogen-bond donors (Lipinski definition) is 0. The molecule has 0 fully saturated rings. The highest BCUT2D eigenvalue weighted by Gasteiger charge is 2.38. The number of aryl methyl sites for hydroxylation is 2. The van der Waals surface area contributed by atoms with Crippen molar-refractivity contribution < 1.29 is 35.9 Å². The van der Waals surface area contributed by atoms with Crippen LogP contribution in [0.5, 0.6) is 5.75 Å². The molecule has 0 radical (unpaired) electrons. The third-order valence-electron chi connectivity index (χ3n) is 7.25. The first-order valence-electron chi connectivity index (χ1n) is 14.0. The van der Waals surface area contributed by atoms with Gasteiger partial charge in [0.15, 0.2) is 0 Å². The molecule has 3 aromatic rings. The Kier molecular flexibility index (Phi) is 9.93. The van der Waals surface area contributed by atoms with Crippen LogP contribution < -0.4 is 4.74 Å². The molecule has 2 unspecified atom stereocenters. The minimum absolute atomic E-state index is 0.0539. The van der Waals surface area contributed by atoms with Crippen molar-refractivity contribution >= 4 is 16.0 Å². The summed E-state index contributed by atoms with van der Waals surface area (Å²) in [6.07, 6.45) is -2.25. The average molecular weight is 609 g/mol. The van der Waals surface area contributed by atoms with Crippen LogP contribution in [0.15, 0.2) is 53.6 Å². The number of fused-ring (bicyclic) bond motifs is 1. The molecule has 0 amide bonds. The van der Waals surface area contributed by atoms with Gasteiger partial charge in [0, 0.05) is 19.3 Å². The van der Waals surface area contributed by atoms with Gasteiger partial charge in [-0.15, -0.1) is 5.10 Å². The zero-order chi connectivity index (χ0) is 30.5. The molecule has 0 spiro atoms. The van der Waals surface area contributed by atoms with Crippen molar-refractivity contribution in [1.29, 1.82) is 0 Å². The first-order chi connectivity index (χ1) is 20.0. The highest BCUT2D eigenvalue weighted by Crippen LogP contribution is 2.38. The molecule has 2 atom stereocenters. The van der Waals surface area contributed by atoms with E-state index in [9.17, 15) is 26.4 Å². The van der Waals surface area contributed by atoms with E-state index in [2.05, 4.69) is 10.3 Å². The van der Waals surface area contributed by atoms with Gasteiger partial charge in [0.25, 0.3) is 0 Å². The number of nitrogens with zero attached hydrogens (tertiary/aromatic N) is 4. The number of carbonyl (C=O) groups excluding carboxylic acids is 1. The van der Waals surface area contributed by atoms with Gasteiger partial charge in [-0.05, 0) is 68.4 Å². The number of esters is 1. The van der Waals surface area contributed by atoms with Crippen molar-refractivity contribution in [1.82, 2.24) is 19.3 Å². The summed E-state index contributed by atoms with van der Waals surface area (Å²) < 4.78 is 83.8. The molecule has 2 aromatic carbocycles. The molecule has 228 valence electrons. The lowest BCUT2D eigenvalue weighted by Crippen LogP contribution is -2.37. The van der Waals surface area contributed by atoms with E-state index < -0.39 is 46.3 Å². The first kappa shape index (κ1) is 31.5. The van der Waals surface area contributed by atoms with E-state index in [1.807, 2.05) is 13.8 Å². The van der Waals surface area contributed by atoms with E-state index in [0.29, 0.717) is 37.1 Å². The number of aromatic nitrogens is 3. The van der Waals surface area contributed by atoms with Crippen LogP contribution in [-0.4, -0.2) is 52.9 Å². The van der Waals surface area contributed by atoms with Crippen molar-refractivity contribution in [2.45, 2.75) is 82.6 Å². The summed E-state index contributed by atoms with van der Waals surface area (Å²) in [7, 11) is -4.18. The van der Waals surface area contributed by atoms with Crippen molar-refractivity contribution in [2.24, 2.45) is 0 Å². The summed E-state index contributed by atoms with van der Waals surface area (Å²) in [5, 5.41) is 8.15. The molecule has 4 rings (SSSR count). The second kappa shape index (κ2) is 13.2. The molecule has 0 bridgehead atoms. The Morgan fingerprint density at radius 1 is 1.17 bits per heavy atom. The number of sulfonamides is 1. The molecular weight excluding hydrogens is 573 g/mol. The second-order valence-corrected chi connectivity index (χ2v) is 12.0. The lowest BCUT2D eigenvalue weighted by atomic mass is 9.88. The van der Waals surface area contributed by atoms with Gasteiger partial charge in [0.05, 0.1) is 30.8 Å². The Balaban J connectivity index is 1.72. The molecule has 2 heterocycles. The monoisotopic (exact) mass is 608 g/mol. The zero-order valence-corrected chi connectivity index (χ0v) is 24.6. The Bertz CT molecular complexity index is 1490. The molecular formula is C29H35F3N4O5S. The number of benzene rings is 2. The summed E-state index contributed by atoms with van der Waals surface area (Å²) in [6, 6.07) is 9.80. The van der Waals surface area contributed by atoms with Crippen LogP contribution in [0.4, 0.5) is 13.2 Å². The van der Waals surface area contributed by atoms with E-state index >= 15 is 0 Å². The van der Waals surface area contributed by atoms with Crippen molar-refractivity contribution in [2.75, 3.05) is 13.2 Å². The van der Waals surface area contributed by atoms with E-state index in [4.69, 9.17) is 9.47 Å². The zero-order valence-electron chi connectivity index (χ0n) is 23.8. The van der Waals surface area contributed by atoms with Gasteiger partial charge in [-0.1, -0.05) is 36.4 Å². The quantitative estimate of drug-likeness (QED) is 0.271. The maximum absolute atomic E-state index is 14.2. The fourth-order valence-electron chi connectivity index (χ4n) is 5.01. The second-order valence-electron chi connectivity index (χ2n) is 10.1. The lowest BCUT2D eigenvalue weighted by molar-refractivity contribution is -0.143. The van der Waals surface area contributed by atoms with Gasteiger partial charge in [-0.2, -0.15) is 17.5 Å². The number of alkyl halides is 3. The number of rotatable bonds is 11. The maximum Gasteiger partial charge on any atom is 0.416 e. The predicted molar refractivity (Wildman–Crippen MR) is 148 cm³/mol. The number of halogens is 3. The normalized spacial score (nSPS) is 17.6. The molecule has 0 saturated carbocycles. The molecule has 1 aliphatic heterocycles. The smallest absolute Gasteiger partial charge is 0.416 e. The summed E-state index contributed by atoms with van der Waals surface area (Å²) in [5.41, 5.74) is 0.0277. The fourth-order valence-corrected chi connectivity index (χ4v) is 6.58. The highest BCUT2D eigenvalue weighted by atomic mass is 32.2. The van der Waals surface area contributed by atoms with Crippen LogP contribution in [0.2, 0.25) is 0 Å². The molecule has 9 nitrogen and oxygen atoms in total. The molecule has 0 N–H and O–H groups in total. The minimum Gasteiger partial charge on any atom is -0.488 e. The van der Waals surface area contributed by atoms with E-state index in [1.54, 1.807) is 36.0 Å².